The number of carbonyl (C=O) groups is 1. The Bertz CT molecular complexity index is 891. The number of fused-ring (bicyclic) bond motifs is 2. The van der Waals surface area contributed by atoms with E-state index in [0.717, 1.165) is 52.1 Å². The number of carbonyl (C=O) groups excluding carboxylic acids is 1. The van der Waals surface area contributed by atoms with Crippen LogP contribution in [-0.4, -0.2) is 48.4 Å². The van der Waals surface area contributed by atoms with Gasteiger partial charge in [0.1, 0.15) is 0 Å². The lowest BCUT2D eigenvalue weighted by molar-refractivity contribution is -0.131. The molecule has 0 unspecified atom stereocenters. The van der Waals surface area contributed by atoms with Crippen LogP contribution in [0.15, 0.2) is 42.5 Å². The number of rotatable bonds is 7. The second-order valence-electron chi connectivity index (χ2n) is 9.43. The Kier molecular flexibility index (Phi) is 6.26. The van der Waals surface area contributed by atoms with Crippen molar-refractivity contribution in [3.63, 3.8) is 0 Å². The zero-order chi connectivity index (χ0) is 21.0. The summed E-state index contributed by atoms with van der Waals surface area (Å²) < 4.78 is 0. The van der Waals surface area contributed by atoms with Crippen LogP contribution in [0.2, 0.25) is 0 Å². The lowest BCUT2D eigenvalue weighted by Crippen LogP contribution is -2.46. The fourth-order valence-corrected chi connectivity index (χ4v) is 5.56. The molecule has 4 heteroatoms. The van der Waals surface area contributed by atoms with E-state index in [-0.39, 0.29) is 0 Å². The molecular formula is C27H35N3O. The molecule has 5 rings (SSSR count). The van der Waals surface area contributed by atoms with E-state index in [1.807, 2.05) is 4.90 Å². The minimum Gasteiger partial charge on any atom is -0.369 e. The molecule has 1 fully saturated rings. The number of piperazine rings is 1. The number of unbranched alkanes of at least 4 members (excludes halogenated alkanes) is 2. The highest BCUT2D eigenvalue weighted by molar-refractivity contribution is 5.76. The van der Waals surface area contributed by atoms with Gasteiger partial charge >= 0.3 is 0 Å². The van der Waals surface area contributed by atoms with E-state index in [9.17, 15) is 4.79 Å². The summed E-state index contributed by atoms with van der Waals surface area (Å²) in [6.45, 7) is 7.37. The molecule has 4 nitrogen and oxygen atoms in total. The van der Waals surface area contributed by atoms with Gasteiger partial charge < -0.3 is 9.80 Å². The molecule has 0 N–H and O–H groups in total. The molecule has 0 saturated carbocycles. The van der Waals surface area contributed by atoms with Gasteiger partial charge in [0.05, 0.1) is 0 Å². The van der Waals surface area contributed by atoms with Gasteiger partial charge in [-0.15, -0.1) is 0 Å². The number of anilines is 1. The first-order valence-corrected chi connectivity index (χ1v) is 12.2. The first-order chi connectivity index (χ1) is 15.3. The minimum absolute atomic E-state index is 0.320. The highest BCUT2D eigenvalue weighted by Crippen LogP contribution is 2.32. The third-order valence-corrected chi connectivity index (χ3v) is 7.39. The van der Waals surface area contributed by atoms with E-state index in [1.165, 1.54) is 49.0 Å². The Hall–Kier alpha value is -2.33. The number of hydrogen-bond acceptors (Lipinski definition) is 3. The van der Waals surface area contributed by atoms with Gasteiger partial charge in [-0.25, -0.2) is 0 Å². The van der Waals surface area contributed by atoms with Crippen LogP contribution in [0.5, 0.6) is 0 Å². The zero-order valence-electron chi connectivity index (χ0n) is 18.7. The summed E-state index contributed by atoms with van der Waals surface area (Å²) in [5, 5.41) is 0. The summed E-state index contributed by atoms with van der Waals surface area (Å²) in [4.78, 5) is 19.8. The van der Waals surface area contributed by atoms with Crippen LogP contribution >= 0.6 is 0 Å². The van der Waals surface area contributed by atoms with Crippen molar-refractivity contribution in [2.24, 2.45) is 0 Å². The quantitative estimate of drug-likeness (QED) is 0.625. The Balaban J connectivity index is 0.987. The van der Waals surface area contributed by atoms with Crippen molar-refractivity contribution in [1.82, 2.24) is 9.80 Å². The zero-order valence-corrected chi connectivity index (χ0v) is 18.7. The fourth-order valence-electron chi connectivity index (χ4n) is 5.56. The predicted octanol–water partition coefficient (Wildman–Crippen LogP) is 4.40. The highest BCUT2D eigenvalue weighted by atomic mass is 16.2. The third-order valence-electron chi connectivity index (χ3n) is 7.39. The van der Waals surface area contributed by atoms with Gasteiger partial charge in [-0.1, -0.05) is 42.8 Å². The van der Waals surface area contributed by atoms with Crippen molar-refractivity contribution in [2.45, 2.75) is 58.0 Å². The highest BCUT2D eigenvalue weighted by Gasteiger charge is 2.23. The fraction of sp³-hybridized carbons (Fsp3) is 0.519. The first kappa shape index (κ1) is 20.6. The van der Waals surface area contributed by atoms with Crippen molar-refractivity contribution in [2.75, 3.05) is 37.6 Å². The second-order valence-corrected chi connectivity index (χ2v) is 9.43. The molecule has 0 spiro atoms. The Morgan fingerprint density at radius 2 is 1.52 bits per heavy atom. The van der Waals surface area contributed by atoms with Crippen molar-refractivity contribution >= 4 is 11.6 Å². The predicted molar refractivity (Wildman–Crippen MR) is 126 cm³/mol. The molecule has 1 aliphatic carbocycles. The molecule has 2 aliphatic heterocycles. The minimum atomic E-state index is 0.320. The molecule has 0 radical (unpaired) electrons. The largest absolute Gasteiger partial charge is 0.369 e. The van der Waals surface area contributed by atoms with Crippen LogP contribution in [0.25, 0.3) is 0 Å². The van der Waals surface area contributed by atoms with Crippen LogP contribution in [0.3, 0.4) is 0 Å². The first-order valence-electron chi connectivity index (χ1n) is 12.2. The monoisotopic (exact) mass is 417 g/mol. The van der Waals surface area contributed by atoms with Gasteiger partial charge in [0, 0.05) is 51.4 Å². The lowest BCUT2D eigenvalue weighted by Gasteiger charge is -2.37. The van der Waals surface area contributed by atoms with Crippen LogP contribution in [0, 0.1) is 0 Å². The lowest BCUT2D eigenvalue weighted by atomic mass is 10.1. The van der Waals surface area contributed by atoms with Crippen molar-refractivity contribution < 1.29 is 4.79 Å². The van der Waals surface area contributed by atoms with Gasteiger partial charge in [-0.3, -0.25) is 9.69 Å². The van der Waals surface area contributed by atoms with E-state index in [2.05, 4.69) is 52.3 Å². The molecular weight excluding hydrogens is 382 g/mol. The Labute approximate surface area is 186 Å². The van der Waals surface area contributed by atoms with Gasteiger partial charge in [0.15, 0.2) is 0 Å². The Morgan fingerprint density at radius 1 is 0.774 bits per heavy atom. The number of amides is 1. The molecule has 2 heterocycles. The molecule has 1 amide bonds. The molecule has 0 atom stereocenters. The summed E-state index contributed by atoms with van der Waals surface area (Å²) >= 11 is 0. The van der Waals surface area contributed by atoms with E-state index in [4.69, 9.17) is 0 Å². The van der Waals surface area contributed by atoms with Crippen molar-refractivity contribution in [3.05, 3.63) is 64.7 Å². The maximum absolute atomic E-state index is 12.5. The number of benzene rings is 2. The maximum atomic E-state index is 12.5. The normalized spacial score (nSPS) is 18.3. The molecule has 2 aromatic carbocycles. The van der Waals surface area contributed by atoms with Crippen LogP contribution in [0.4, 0.5) is 5.69 Å². The standard InChI is InChI=1S/C27H35N3O/c31-27(30-20-23-8-3-4-9-24(23)21-30)14-2-1-5-15-28-16-18-29(19-17-28)26-13-7-11-22-10-6-12-25(22)26/h3-4,7-9,11,13H,1-2,5-6,10,12,14-21H2. The summed E-state index contributed by atoms with van der Waals surface area (Å²) in [7, 11) is 0. The smallest absolute Gasteiger partial charge is 0.223 e. The van der Waals surface area contributed by atoms with Gasteiger partial charge in [-0.2, -0.15) is 0 Å². The van der Waals surface area contributed by atoms with Crippen LogP contribution in [0.1, 0.15) is 54.4 Å². The molecule has 0 bridgehead atoms. The van der Waals surface area contributed by atoms with Gasteiger partial charge in [0.25, 0.3) is 0 Å². The molecule has 31 heavy (non-hydrogen) atoms. The van der Waals surface area contributed by atoms with E-state index in [0.29, 0.717) is 12.3 Å². The summed E-state index contributed by atoms with van der Waals surface area (Å²) in [5.74, 6) is 0.320. The number of hydrogen-bond donors (Lipinski definition) is 0. The second kappa shape index (κ2) is 9.44. The molecule has 164 valence electrons. The van der Waals surface area contributed by atoms with Crippen molar-refractivity contribution in [1.29, 1.82) is 0 Å². The van der Waals surface area contributed by atoms with E-state index < -0.39 is 0 Å². The topological polar surface area (TPSA) is 26.8 Å². The van der Waals surface area contributed by atoms with Gasteiger partial charge in [-0.05, 0) is 67.0 Å². The van der Waals surface area contributed by atoms with Crippen LogP contribution < -0.4 is 4.90 Å². The Morgan fingerprint density at radius 3 is 2.29 bits per heavy atom. The molecule has 3 aliphatic rings. The number of aryl methyl sites for hydroxylation is 1. The van der Waals surface area contributed by atoms with Crippen molar-refractivity contribution in [3.8, 4) is 0 Å². The summed E-state index contributed by atoms with van der Waals surface area (Å²) in [6, 6.07) is 15.3. The maximum Gasteiger partial charge on any atom is 0.223 e. The summed E-state index contributed by atoms with van der Waals surface area (Å²) in [5.41, 5.74) is 7.32. The van der Waals surface area contributed by atoms with Gasteiger partial charge in [0.2, 0.25) is 5.91 Å². The molecule has 1 saturated heterocycles. The van der Waals surface area contributed by atoms with E-state index in [1.54, 1.807) is 11.1 Å². The van der Waals surface area contributed by atoms with Crippen LogP contribution in [-0.2, 0) is 30.7 Å². The average molecular weight is 418 g/mol. The molecule has 2 aromatic rings. The number of nitrogens with zero attached hydrogens (tertiary/aromatic N) is 3. The third kappa shape index (κ3) is 4.64. The molecule has 0 aromatic heterocycles. The average Bonchev–Trinajstić information content (AvgIpc) is 3.46. The van der Waals surface area contributed by atoms with E-state index >= 15 is 0 Å². The summed E-state index contributed by atoms with van der Waals surface area (Å²) in [6.07, 6.45) is 7.90. The SMILES string of the molecule is O=C(CCCCCN1CCN(c2cccc3c2CCC3)CC1)N1Cc2ccccc2C1.